The molecule has 0 amide bonds. The van der Waals surface area contributed by atoms with Gasteiger partial charge in [-0.2, -0.15) is 0 Å². The van der Waals surface area contributed by atoms with Crippen molar-refractivity contribution in [1.82, 2.24) is 10.2 Å². The molecule has 0 aliphatic heterocycles. The summed E-state index contributed by atoms with van der Waals surface area (Å²) >= 11 is 0. The van der Waals surface area contributed by atoms with Gasteiger partial charge in [0.1, 0.15) is 5.75 Å². The molecule has 0 radical (unpaired) electrons. The zero-order chi connectivity index (χ0) is 15.0. The number of rotatable bonds is 9. The minimum Gasteiger partial charge on any atom is -0.497 e. The first kappa shape index (κ1) is 17.0. The van der Waals surface area contributed by atoms with E-state index < -0.39 is 0 Å². The van der Waals surface area contributed by atoms with Crippen LogP contribution in [0.3, 0.4) is 0 Å². The second kappa shape index (κ2) is 8.98. The Morgan fingerprint density at radius 1 is 1.05 bits per heavy atom. The summed E-state index contributed by atoms with van der Waals surface area (Å²) in [6.07, 6.45) is 3.47. The molecule has 20 heavy (non-hydrogen) atoms. The van der Waals surface area contributed by atoms with Crippen molar-refractivity contribution in [3.63, 3.8) is 0 Å². The standard InChI is InChI=1S/C17H30N2O/c1-14(18-15(2)12-13-19(3)4)6-7-16-8-10-17(20-5)11-9-16/h8-11,14-15,18H,6-7,12-13H2,1-5H3. The summed E-state index contributed by atoms with van der Waals surface area (Å²) in [5.74, 6) is 0.928. The third-order valence-corrected chi connectivity index (χ3v) is 3.60. The molecule has 0 spiro atoms. The Labute approximate surface area is 124 Å². The smallest absolute Gasteiger partial charge is 0.118 e. The van der Waals surface area contributed by atoms with Gasteiger partial charge in [-0.25, -0.2) is 0 Å². The van der Waals surface area contributed by atoms with Gasteiger partial charge in [-0.1, -0.05) is 12.1 Å². The maximum atomic E-state index is 5.18. The van der Waals surface area contributed by atoms with Crippen LogP contribution < -0.4 is 10.1 Å². The van der Waals surface area contributed by atoms with Crippen molar-refractivity contribution in [1.29, 1.82) is 0 Å². The normalized spacial score (nSPS) is 14.3. The monoisotopic (exact) mass is 278 g/mol. The van der Waals surface area contributed by atoms with Gasteiger partial charge in [-0.15, -0.1) is 0 Å². The van der Waals surface area contributed by atoms with E-state index in [0.29, 0.717) is 12.1 Å². The van der Waals surface area contributed by atoms with Crippen LogP contribution in [0, 0.1) is 0 Å². The molecular weight excluding hydrogens is 248 g/mol. The molecule has 2 unspecified atom stereocenters. The molecule has 0 heterocycles. The number of nitrogens with zero attached hydrogens (tertiary/aromatic N) is 1. The first-order chi connectivity index (χ1) is 9.51. The predicted molar refractivity (Wildman–Crippen MR) is 86.5 cm³/mol. The Morgan fingerprint density at radius 3 is 2.20 bits per heavy atom. The Hall–Kier alpha value is -1.06. The van der Waals surface area contributed by atoms with E-state index >= 15 is 0 Å². The van der Waals surface area contributed by atoms with E-state index in [1.807, 2.05) is 12.1 Å². The highest BCUT2D eigenvalue weighted by molar-refractivity contribution is 5.27. The van der Waals surface area contributed by atoms with Gasteiger partial charge in [-0.3, -0.25) is 0 Å². The van der Waals surface area contributed by atoms with E-state index in [-0.39, 0.29) is 0 Å². The first-order valence-corrected chi connectivity index (χ1v) is 7.55. The molecule has 0 aliphatic rings. The molecule has 0 aliphatic carbocycles. The van der Waals surface area contributed by atoms with Gasteiger partial charge in [0.25, 0.3) is 0 Å². The number of aryl methyl sites for hydroxylation is 1. The van der Waals surface area contributed by atoms with Crippen LogP contribution in [-0.2, 0) is 6.42 Å². The highest BCUT2D eigenvalue weighted by atomic mass is 16.5. The zero-order valence-electron chi connectivity index (χ0n) is 13.6. The molecule has 3 nitrogen and oxygen atoms in total. The summed E-state index contributed by atoms with van der Waals surface area (Å²) in [7, 11) is 5.95. The molecule has 0 bridgehead atoms. The molecule has 114 valence electrons. The minimum atomic E-state index is 0.550. The van der Waals surface area contributed by atoms with Crippen LogP contribution in [-0.4, -0.2) is 44.7 Å². The molecule has 1 rings (SSSR count). The minimum absolute atomic E-state index is 0.550. The van der Waals surface area contributed by atoms with Crippen molar-refractivity contribution in [2.45, 2.75) is 45.2 Å². The first-order valence-electron chi connectivity index (χ1n) is 7.55. The van der Waals surface area contributed by atoms with Crippen molar-refractivity contribution < 1.29 is 4.74 Å². The largest absolute Gasteiger partial charge is 0.497 e. The van der Waals surface area contributed by atoms with E-state index in [9.17, 15) is 0 Å². The van der Waals surface area contributed by atoms with Gasteiger partial charge < -0.3 is 15.0 Å². The molecule has 1 aromatic rings. The van der Waals surface area contributed by atoms with Crippen LogP contribution >= 0.6 is 0 Å². The van der Waals surface area contributed by atoms with Crippen LogP contribution in [0.5, 0.6) is 5.75 Å². The summed E-state index contributed by atoms with van der Waals surface area (Å²) < 4.78 is 5.18. The van der Waals surface area contributed by atoms with Crippen LogP contribution in [0.4, 0.5) is 0 Å². The van der Waals surface area contributed by atoms with Crippen molar-refractivity contribution in [2.75, 3.05) is 27.7 Å². The Bertz CT molecular complexity index is 362. The highest BCUT2D eigenvalue weighted by Crippen LogP contribution is 2.13. The summed E-state index contributed by atoms with van der Waals surface area (Å²) in [6, 6.07) is 9.50. The number of hydrogen-bond acceptors (Lipinski definition) is 3. The van der Waals surface area contributed by atoms with Crippen molar-refractivity contribution in [3.8, 4) is 5.75 Å². The van der Waals surface area contributed by atoms with E-state index in [1.165, 1.54) is 18.4 Å². The van der Waals surface area contributed by atoms with Gasteiger partial charge in [0.15, 0.2) is 0 Å². The fraction of sp³-hybridized carbons (Fsp3) is 0.647. The SMILES string of the molecule is COc1ccc(CCC(C)NC(C)CCN(C)C)cc1. The summed E-state index contributed by atoms with van der Waals surface area (Å²) in [6.45, 7) is 5.68. The number of benzene rings is 1. The molecular formula is C17H30N2O. The average molecular weight is 278 g/mol. The van der Waals surface area contributed by atoms with Gasteiger partial charge in [0, 0.05) is 12.1 Å². The van der Waals surface area contributed by atoms with Gasteiger partial charge >= 0.3 is 0 Å². The lowest BCUT2D eigenvalue weighted by Crippen LogP contribution is -2.36. The second-order valence-corrected chi connectivity index (χ2v) is 5.95. The second-order valence-electron chi connectivity index (χ2n) is 5.95. The number of hydrogen-bond donors (Lipinski definition) is 1. The lowest BCUT2D eigenvalue weighted by Gasteiger charge is -2.21. The fourth-order valence-corrected chi connectivity index (χ4v) is 2.28. The molecule has 0 aromatic heterocycles. The van der Waals surface area contributed by atoms with Crippen molar-refractivity contribution in [3.05, 3.63) is 29.8 Å². The number of ether oxygens (including phenoxy) is 1. The Morgan fingerprint density at radius 2 is 1.65 bits per heavy atom. The molecule has 0 saturated carbocycles. The summed E-state index contributed by atoms with van der Waals surface area (Å²) in [5.41, 5.74) is 1.38. The van der Waals surface area contributed by atoms with Crippen molar-refractivity contribution >= 4 is 0 Å². The highest BCUT2D eigenvalue weighted by Gasteiger charge is 2.08. The molecule has 0 fully saturated rings. The van der Waals surface area contributed by atoms with Gasteiger partial charge in [-0.05, 0) is 71.4 Å². The van der Waals surface area contributed by atoms with E-state index in [4.69, 9.17) is 4.74 Å². The van der Waals surface area contributed by atoms with E-state index in [1.54, 1.807) is 7.11 Å². The summed E-state index contributed by atoms with van der Waals surface area (Å²) in [4.78, 5) is 2.24. The van der Waals surface area contributed by atoms with Crippen LogP contribution in [0.25, 0.3) is 0 Å². The average Bonchev–Trinajstić information content (AvgIpc) is 2.43. The maximum absolute atomic E-state index is 5.18. The van der Waals surface area contributed by atoms with E-state index in [0.717, 1.165) is 18.7 Å². The Balaban J connectivity index is 2.26. The molecule has 3 heteroatoms. The van der Waals surface area contributed by atoms with Gasteiger partial charge in [0.2, 0.25) is 0 Å². The fourth-order valence-electron chi connectivity index (χ4n) is 2.28. The van der Waals surface area contributed by atoms with Crippen LogP contribution in [0.15, 0.2) is 24.3 Å². The molecule has 2 atom stereocenters. The molecule has 0 saturated heterocycles. The van der Waals surface area contributed by atoms with Gasteiger partial charge in [0.05, 0.1) is 7.11 Å². The maximum Gasteiger partial charge on any atom is 0.118 e. The molecule has 1 aromatic carbocycles. The predicted octanol–water partition coefficient (Wildman–Crippen LogP) is 2.95. The lowest BCUT2D eigenvalue weighted by molar-refractivity contribution is 0.348. The zero-order valence-corrected chi connectivity index (χ0v) is 13.6. The van der Waals surface area contributed by atoms with Crippen molar-refractivity contribution in [2.24, 2.45) is 0 Å². The number of methoxy groups -OCH3 is 1. The third kappa shape index (κ3) is 6.92. The third-order valence-electron chi connectivity index (χ3n) is 3.60. The number of nitrogens with one attached hydrogen (secondary N) is 1. The molecule has 1 N–H and O–H groups in total. The van der Waals surface area contributed by atoms with Crippen LogP contribution in [0.2, 0.25) is 0 Å². The topological polar surface area (TPSA) is 24.5 Å². The lowest BCUT2D eigenvalue weighted by atomic mass is 10.0. The summed E-state index contributed by atoms with van der Waals surface area (Å²) in [5, 5.41) is 3.68. The van der Waals surface area contributed by atoms with E-state index in [2.05, 4.69) is 50.3 Å². The Kier molecular flexibility index (Phi) is 7.63. The quantitative estimate of drug-likeness (QED) is 0.751. The van der Waals surface area contributed by atoms with Crippen LogP contribution in [0.1, 0.15) is 32.3 Å².